The van der Waals surface area contributed by atoms with Crippen LogP contribution in [0, 0.1) is 0 Å². The number of halogens is 1. The zero-order chi connectivity index (χ0) is 20.0. The first kappa shape index (κ1) is 21.0. The molecule has 0 atom stereocenters. The van der Waals surface area contributed by atoms with Crippen molar-refractivity contribution in [3.63, 3.8) is 0 Å². The number of carbonyl (C=O) groups is 2. The van der Waals surface area contributed by atoms with Crippen LogP contribution in [0.25, 0.3) is 0 Å². The third-order valence-corrected chi connectivity index (χ3v) is 4.32. The molecule has 0 aromatic heterocycles. The number of benzene rings is 2. The minimum Gasteiger partial charge on any atom is -0.483 e. The average Bonchev–Trinajstić information content (AvgIpc) is 2.59. The summed E-state index contributed by atoms with van der Waals surface area (Å²) in [5.41, 5.74) is 1.67. The van der Waals surface area contributed by atoms with E-state index in [9.17, 15) is 9.59 Å². The van der Waals surface area contributed by atoms with Crippen molar-refractivity contribution < 1.29 is 14.3 Å². The summed E-state index contributed by atoms with van der Waals surface area (Å²) in [4.78, 5) is 24.7. The van der Waals surface area contributed by atoms with Crippen molar-refractivity contribution in [3.05, 3.63) is 58.1 Å². The second kappa shape index (κ2) is 9.04. The van der Waals surface area contributed by atoms with Gasteiger partial charge < -0.3 is 15.4 Å². The van der Waals surface area contributed by atoms with Gasteiger partial charge in [0.1, 0.15) is 5.75 Å². The fourth-order valence-electron chi connectivity index (χ4n) is 2.41. The quantitative estimate of drug-likeness (QED) is 0.702. The summed E-state index contributed by atoms with van der Waals surface area (Å²) in [5, 5.41) is 5.65. The standard InChI is InChI=1S/C21H25BrN2O3/c1-5-14-10-11-18(16(22)12-14)27-13-19(25)23-17-9-7-6-8-15(17)20(26)24-21(2,3)4/h6-12H,5,13H2,1-4H3,(H,23,25)(H,24,26). The zero-order valence-electron chi connectivity index (χ0n) is 16.1. The number of carbonyl (C=O) groups excluding carboxylic acids is 2. The summed E-state index contributed by atoms with van der Waals surface area (Å²) in [6.45, 7) is 7.63. The average molecular weight is 433 g/mol. The van der Waals surface area contributed by atoms with Gasteiger partial charge in [0, 0.05) is 5.54 Å². The normalized spacial score (nSPS) is 11.0. The predicted molar refractivity (Wildman–Crippen MR) is 111 cm³/mol. The van der Waals surface area contributed by atoms with Gasteiger partial charge in [-0.1, -0.05) is 25.1 Å². The van der Waals surface area contributed by atoms with Gasteiger partial charge in [-0.2, -0.15) is 0 Å². The Kier molecular flexibility index (Phi) is 7.02. The van der Waals surface area contributed by atoms with Gasteiger partial charge in [0.25, 0.3) is 11.8 Å². The van der Waals surface area contributed by atoms with Crippen LogP contribution in [0.4, 0.5) is 5.69 Å². The van der Waals surface area contributed by atoms with Gasteiger partial charge in [0.05, 0.1) is 15.7 Å². The number of hydrogen-bond donors (Lipinski definition) is 2. The van der Waals surface area contributed by atoms with Crippen molar-refractivity contribution in [3.8, 4) is 5.75 Å². The van der Waals surface area contributed by atoms with Crippen molar-refractivity contribution in [1.29, 1.82) is 0 Å². The van der Waals surface area contributed by atoms with Crippen molar-refractivity contribution in [2.24, 2.45) is 0 Å². The summed E-state index contributed by atoms with van der Waals surface area (Å²) in [7, 11) is 0. The Bertz CT molecular complexity index is 828. The number of para-hydroxylation sites is 1. The Labute approximate surface area is 168 Å². The largest absolute Gasteiger partial charge is 0.483 e. The topological polar surface area (TPSA) is 67.4 Å². The van der Waals surface area contributed by atoms with E-state index in [4.69, 9.17) is 4.74 Å². The molecular weight excluding hydrogens is 408 g/mol. The van der Waals surface area contributed by atoms with E-state index in [1.54, 1.807) is 24.3 Å². The van der Waals surface area contributed by atoms with Crippen LogP contribution in [-0.2, 0) is 11.2 Å². The van der Waals surface area contributed by atoms with E-state index >= 15 is 0 Å². The zero-order valence-corrected chi connectivity index (χ0v) is 17.6. The molecule has 0 aliphatic rings. The number of nitrogens with one attached hydrogen (secondary N) is 2. The molecular formula is C21H25BrN2O3. The number of rotatable bonds is 6. The summed E-state index contributed by atoms with van der Waals surface area (Å²) in [6, 6.07) is 12.7. The number of anilines is 1. The lowest BCUT2D eigenvalue weighted by Crippen LogP contribution is -2.41. The molecule has 0 saturated heterocycles. The highest BCUT2D eigenvalue weighted by Gasteiger charge is 2.18. The van der Waals surface area contributed by atoms with E-state index in [0.29, 0.717) is 17.0 Å². The Morgan fingerprint density at radius 2 is 1.81 bits per heavy atom. The maximum atomic E-state index is 12.4. The maximum absolute atomic E-state index is 12.4. The molecule has 2 amide bonds. The van der Waals surface area contributed by atoms with Gasteiger partial charge >= 0.3 is 0 Å². The van der Waals surface area contributed by atoms with Crippen LogP contribution < -0.4 is 15.4 Å². The molecule has 5 nitrogen and oxygen atoms in total. The first-order valence-corrected chi connectivity index (χ1v) is 9.61. The third kappa shape index (κ3) is 6.40. The van der Waals surface area contributed by atoms with Crippen molar-refractivity contribution in [2.45, 2.75) is 39.7 Å². The van der Waals surface area contributed by atoms with Crippen molar-refractivity contribution >= 4 is 33.4 Å². The first-order chi connectivity index (χ1) is 12.7. The maximum Gasteiger partial charge on any atom is 0.262 e. The summed E-state index contributed by atoms with van der Waals surface area (Å²) < 4.78 is 6.40. The fourth-order valence-corrected chi connectivity index (χ4v) is 2.95. The molecule has 0 aliphatic carbocycles. The number of aryl methyl sites for hydroxylation is 1. The molecule has 0 fully saturated rings. The molecule has 27 heavy (non-hydrogen) atoms. The van der Waals surface area contributed by atoms with Crippen LogP contribution in [-0.4, -0.2) is 24.0 Å². The van der Waals surface area contributed by atoms with E-state index in [2.05, 4.69) is 33.5 Å². The number of hydrogen-bond acceptors (Lipinski definition) is 3. The summed E-state index contributed by atoms with van der Waals surface area (Å²) in [6.07, 6.45) is 0.923. The first-order valence-electron chi connectivity index (χ1n) is 8.82. The molecule has 0 aliphatic heterocycles. The lowest BCUT2D eigenvalue weighted by molar-refractivity contribution is -0.118. The fraction of sp³-hybridized carbons (Fsp3) is 0.333. The highest BCUT2D eigenvalue weighted by Crippen LogP contribution is 2.26. The van der Waals surface area contributed by atoms with Crippen LogP contribution in [0.5, 0.6) is 5.75 Å². The van der Waals surface area contributed by atoms with Gasteiger partial charge in [-0.25, -0.2) is 0 Å². The Morgan fingerprint density at radius 1 is 1.11 bits per heavy atom. The molecule has 0 saturated carbocycles. The molecule has 0 radical (unpaired) electrons. The Hall–Kier alpha value is -2.34. The Balaban J connectivity index is 2.03. The molecule has 2 N–H and O–H groups in total. The lowest BCUT2D eigenvalue weighted by Gasteiger charge is -2.21. The van der Waals surface area contributed by atoms with Crippen LogP contribution in [0.3, 0.4) is 0 Å². The van der Waals surface area contributed by atoms with Gasteiger partial charge in [0.15, 0.2) is 6.61 Å². The van der Waals surface area contributed by atoms with Crippen molar-refractivity contribution in [1.82, 2.24) is 5.32 Å². The predicted octanol–water partition coefficient (Wildman–Crippen LogP) is 4.56. The highest BCUT2D eigenvalue weighted by atomic mass is 79.9. The minimum absolute atomic E-state index is 0.153. The highest BCUT2D eigenvalue weighted by molar-refractivity contribution is 9.10. The summed E-state index contributed by atoms with van der Waals surface area (Å²) >= 11 is 3.45. The molecule has 6 heteroatoms. The number of amides is 2. The van der Waals surface area contributed by atoms with Crippen LogP contribution in [0.1, 0.15) is 43.6 Å². The van der Waals surface area contributed by atoms with E-state index in [0.717, 1.165) is 10.9 Å². The van der Waals surface area contributed by atoms with Gasteiger partial charge in [-0.3, -0.25) is 9.59 Å². The summed E-state index contributed by atoms with van der Waals surface area (Å²) in [5.74, 6) is 0.0239. The second-order valence-electron chi connectivity index (χ2n) is 7.20. The monoisotopic (exact) mass is 432 g/mol. The van der Waals surface area contributed by atoms with Gasteiger partial charge in [-0.05, 0) is 73.0 Å². The molecule has 0 unspecified atom stereocenters. The molecule has 144 valence electrons. The van der Waals surface area contributed by atoms with Crippen LogP contribution >= 0.6 is 15.9 Å². The van der Waals surface area contributed by atoms with E-state index in [-0.39, 0.29) is 24.0 Å². The van der Waals surface area contributed by atoms with Crippen LogP contribution in [0.15, 0.2) is 46.9 Å². The van der Waals surface area contributed by atoms with E-state index in [1.165, 1.54) is 5.56 Å². The molecule has 2 aromatic carbocycles. The second-order valence-corrected chi connectivity index (χ2v) is 8.06. The van der Waals surface area contributed by atoms with Gasteiger partial charge in [0.2, 0.25) is 0 Å². The molecule has 0 heterocycles. The Morgan fingerprint density at radius 3 is 2.44 bits per heavy atom. The van der Waals surface area contributed by atoms with Crippen LogP contribution in [0.2, 0.25) is 0 Å². The minimum atomic E-state index is -0.367. The molecule has 0 bridgehead atoms. The SMILES string of the molecule is CCc1ccc(OCC(=O)Nc2ccccc2C(=O)NC(C)(C)C)c(Br)c1. The van der Waals surface area contributed by atoms with Crippen molar-refractivity contribution in [2.75, 3.05) is 11.9 Å². The third-order valence-electron chi connectivity index (χ3n) is 3.70. The van der Waals surface area contributed by atoms with E-state index < -0.39 is 0 Å². The molecule has 2 rings (SSSR count). The smallest absolute Gasteiger partial charge is 0.262 e. The number of ether oxygens (including phenoxy) is 1. The van der Waals surface area contributed by atoms with E-state index in [1.807, 2.05) is 39.0 Å². The lowest BCUT2D eigenvalue weighted by atomic mass is 10.1. The van der Waals surface area contributed by atoms with Gasteiger partial charge in [-0.15, -0.1) is 0 Å². The molecule has 0 spiro atoms. The molecule has 2 aromatic rings.